The van der Waals surface area contributed by atoms with Crippen LogP contribution in [0.5, 0.6) is 5.75 Å². The molecule has 0 aliphatic rings. The van der Waals surface area contributed by atoms with Crippen LogP contribution in [0.4, 0.5) is 0 Å². The third-order valence-corrected chi connectivity index (χ3v) is 3.00. The normalized spacial score (nSPS) is 11.0. The summed E-state index contributed by atoms with van der Waals surface area (Å²) in [5.41, 5.74) is -0.612. The van der Waals surface area contributed by atoms with Gasteiger partial charge in [0.2, 0.25) is 5.78 Å². The zero-order chi connectivity index (χ0) is 16.2. The fraction of sp³-hybridized carbons (Fsp3) is 0.294. The number of carbonyl (C=O) groups excluding carboxylic acids is 2. The van der Waals surface area contributed by atoms with Crippen LogP contribution in [0.3, 0.4) is 0 Å². The van der Waals surface area contributed by atoms with Gasteiger partial charge in [0, 0.05) is 5.56 Å². The van der Waals surface area contributed by atoms with E-state index in [9.17, 15) is 9.59 Å². The fourth-order valence-corrected chi connectivity index (χ4v) is 1.87. The molecule has 0 radical (unpaired) electrons. The lowest BCUT2D eigenvalue weighted by molar-refractivity contribution is -0.158. The van der Waals surface area contributed by atoms with Crippen LogP contribution in [-0.2, 0) is 9.53 Å². The smallest absolute Gasteiger partial charge is 0.349 e. The van der Waals surface area contributed by atoms with Crippen molar-refractivity contribution in [2.75, 3.05) is 6.61 Å². The lowest BCUT2D eigenvalue weighted by atomic mass is 10.1. The monoisotopic (exact) mass is 302 g/mol. The molecule has 0 spiro atoms. The van der Waals surface area contributed by atoms with Gasteiger partial charge >= 0.3 is 5.97 Å². The highest BCUT2D eigenvalue weighted by molar-refractivity contribution is 6.07. The number of carbonyl (C=O) groups is 2. The first-order chi connectivity index (χ1) is 10.4. The van der Waals surface area contributed by atoms with Crippen molar-refractivity contribution in [3.05, 3.63) is 54.0 Å². The van der Waals surface area contributed by atoms with Gasteiger partial charge in [-0.25, -0.2) is 4.79 Å². The number of ketones is 1. The van der Waals surface area contributed by atoms with E-state index in [0.29, 0.717) is 17.9 Å². The van der Waals surface area contributed by atoms with Crippen molar-refractivity contribution in [1.82, 2.24) is 0 Å². The Morgan fingerprint density at radius 1 is 1.14 bits per heavy atom. The van der Waals surface area contributed by atoms with Crippen LogP contribution in [0.2, 0.25) is 0 Å². The zero-order valence-electron chi connectivity index (χ0n) is 12.8. The van der Waals surface area contributed by atoms with Gasteiger partial charge < -0.3 is 13.9 Å². The van der Waals surface area contributed by atoms with E-state index in [1.165, 1.54) is 6.26 Å². The minimum Gasteiger partial charge on any atom is -0.476 e. The van der Waals surface area contributed by atoms with E-state index in [2.05, 4.69) is 0 Å². The number of hydrogen-bond donors (Lipinski definition) is 0. The summed E-state index contributed by atoms with van der Waals surface area (Å²) in [6, 6.07) is 9.79. The van der Waals surface area contributed by atoms with E-state index >= 15 is 0 Å². The maximum atomic E-state index is 12.1. The second kappa shape index (κ2) is 6.47. The molecule has 0 saturated carbocycles. The molecule has 22 heavy (non-hydrogen) atoms. The van der Waals surface area contributed by atoms with Gasteiger partial charge in [-0.05, 0) is 57.2 Å². The summed E-state index contributed by atoms with van der Waals surface area (Å²) in [6.07, 6.45) is 1.45. The molecule has 5 nitrogen and oxygen atoms in total. The predicted octanol–water partition coefficient (Wildman–Crippen LogP) is 3.23. The molecule has 116 valence electrons. The average molecular weight is 302 g/mol. The highest BCUT2D eigenvalue weighted by atomic mass is 16.6. The van der Waals surface area contributed by atoms with E-state index in [0.717, 1.165) is 0 Å². The average Bonchev–Trinajstić information content (AvgIpc) is 3.01. The third kappa shape index (κ3) is 3.55. The van der Waals surface area contributed by atoms with Crippen molar-refractivity contribution in [2.45, 2.75) is 26.4 Å². The highest BCUT2D eigenvalue weighted by Gasteiger charge is 2.31. The van der Waals surface area contributed by atoms with Crippen LogP contribution in [0.25, 0.3) is 0 Å². The van der Waals surface area contributed by atoms with Crippen molar-refractivity contribution in [3.8, 4) is 5.75 Å². The van der Waals surface area contributed by atoms with Crippen molar-refractivity contribution >= 4 is 11.8 Å². The van der Waals surface area contributed by atoms with Crippen LogP contribution in [0.1, 0.15) is 36.9 Å². The predicted molar refractivity (Wildman–Crippen MR) is 79.9 cm³/mol. The van der Waals surface area contributed by atoms with Gasteiger partial charge in [-0.15, -0.1) is 0 Å². The molecule has 5 heteroatoms. The molecule has 0 amide bonds. The molecule has 1 aromatic carbocycles. The second-order valence-electron chi connectivity index (χ2n) is 5.16. The number of esters is 1. The molecule has 0 N–H and O–H groups in total. The van der Waals surface area contributed by atoms with Crippen molar-refractivity contribution in [1.29, 1.82) is 0 Å². The number of hydrogen-bond acceptors (Lipinski definition) is 5. The second-order valence-corrected chi connectivity index (χ2v) is 5.16. The molecule has 0 bridgehead atoms. The summed E-state index contributed by atoms with van der Waals surface area (Å²) < 4.78 is 15.7. The van der Waals surface area contributed by atoms with Crippen molar-refractivity contribution in [2.24, 2.45) is 0 Å². The third-order valence-electron chi connectivity index (χ3n) is 3.00. The van der Waals surface area contributed by atoms with E-state index in [-0.39, 0.29) is 11.5 Å². The van der Waals surface area contributed by atoms with E-state index < -0.39 is 11.6 Å². The maximum absolute atomic E-state index is 12.1. The molecule has 0 unspecified atom stereocenters. The van der Waals surface area contributed by atoms with E-state index in [1.807, 2.05) is 0 Å². The lowest BCUT2D eigenvalue weighted by Gasteiger charge is -2.24. The van der Waals surface area contributed by atoms with Crippen LogP contribution in [0, 0.1) is 0 Å². The Morgan fingerprint density at radius 2 is 1.82 bits per heavy atom. The Balaban J connectivity index is 2.09. The summed E-state index contributed by atoms with van der Waals surface area (Å²) in [5.74, 6) is 0.113. The molecular formula is C17H18O5. The molecule has 2 aromatic rings. The summed E-state index contributed by atoms with van der Waals surface area (Å²) in [5, 5.41) is 0. The number of furan rings is 1. The summed E-state index contributed by atoms with van der Waals surface area (Å²) in [4.78, 5) is 23.9. The lowest BCUT2D eigenvalue weighted by Crippen LogP contribution is -2.39. The van der Waals surface area contributed by atoms with Crippen LogP contribution < -0.4 is 4.74 Å². The molecule has 0 saturated heterocycles. The van der Waals surface area contributed by atoms with Crippen LogP contribution >= 0.6 is 0 Å². The number of rotatable bonds is 6. The minimum atomic E-state index is -1.09. The number of ether oxygens (including phenoxy) is 2. The standard InChI is InChI=1S/C17H18O5/c1-4-20-16(19)17(2,3)22-13-9-7-12(8-10-13)15(18)14-6-5-11-21-14/h5-11H,4H2,1-3H3. The SMILES string of the molecule is CCOC(=O)C(C)(C)Oc1ccc(C(=O)c2ccco2)cc1. The quantitative estimate of drug-likeness (QED) is 0.605. The summed E-state index contributed by atoms with van der Waals surface area (Å²) in [7, 11) is 0. The van der Waals surface area contributed by atoms with Gasteiger partial charge in [0.15, 0.2) is 11.4 Å². The molecular weight excluding hydrogens is 284 g/mol. The Bertz CT molecular complexity index is 638. The van der Waals surface area contributed by atoms with Gasteiger partial charge in [-0.1, -0.05) is 0 Å². The van der Waals surface area contributed by atoms with Crippen LogP contribution in [0.15, 0.2) is 47.1 Å². The molecule has 0 aliphatic heterocycles. The van der Waals surface area contributed by atoms with E-state index in [1.54, 1.807) is 57.2 Å². The topological polar surface area (TPSA) is 65.7 Å². The van der Waals surface area contributed by atoms with Crippen molar-refractivity contribution in [3.63, 3.8) is 0 Å². The van der Waals surface area contributed by atoms with Gasteiger partial charge in [0.05, 0.1) is 12.9 Å². The number of benzene rings is 1. The Labute approximate surface area is 128 Å². The van der Waals surface area contributed by atoms with Gasteiger partial charge in [0.25, 0.3) is 0 Å². The van der Waals surface area contributed by atoms with E-state index in [4.69, 9.17) is 13.9 Å². The largest absolute Gasteiger partial charge is 0.476 e. The molecule has 2 rings (SSSR count). The first-order valence-corrected chi connectivity index (χ1v) is 6.98. The molecule has 0 fully saturated rings. The Kier molecular flexibility index (Phi) is 4.65. The maximum Gasteiger partial charge on any atom is 0.349 e. The Hall–Kier alpha value is -2.56. The first kappa shape index (κ1) is 15.8. The zero-order valence-corrected chi connectivity index (χ0v) is 12.8. The summed E-state index contributed by atoms with van der Waals surface area (Å²) >= 11 is 0. The summed E-state index contributed by atoms with van der Waals surface area (Å²) in [6.45, 7) is 5.30. The Morgan fingerprint density at radius 3 is 2.36 bits per heavy atom. The van der Waals surface area contributed by atoms with Gasteiger partial charge in [0.1, 0.15) is 5.75 Å². The minimum absolute atomic E-state index is 0.207. The molecule has 1 heterocycles. The fourth-order valence-electron chi connectivity index (χ4n) is 1.87. The van der Waals surface area contributed by atoms with Gasteiger partial charge in [-0.2, -0.15) is 0 Å². The van der Waals surface area contributed by atoms with Crippen molar-refractivity contribution < 1.29 is 23.5 Å². The molecule has 1 aromatic heterocycles. The molecule has 0 aliphatic carbocycles. The molecule has 0 atom stereocenters. The highest BCUT2D eigenvalue weighted by Crippen LogP contribution is 2.21. The van der Waals surface area contributed by atoms with Crippen LogP contribution in [-0.4, -0.2) is 24.0 Å². The first-order valence-electron chi connectivity index (χ1n) is 6.98. The van der Waals surface area contributed by atoms with Gasteiger partial charge in [-0.3, -0.25) is 4.79 Å².